The Morgan fingerprint density at radius 3 is 3.00 bits per heavy atom. The molecule has 0 unspecified atom stereocenters. The van der Waals surface area contributed by atoms with Gasteiger partial charge in [-0.15, -0.1) is 0 Å². The first kappa shape index (κ1) is 14.4. The maximum Gasteiger partial charge on any atom is 0.302 e. The summed E-state index contributed by atoms with van der Waals surface area (Å²) in [5, 5.41) is 1.35. The van der Waals surface area contributed by atoms with Gasteiger partial charge in [0, 0.05) is 37.3 Å². The lowest BCUT2D eigenvalue weighted by molar-refractivity contribution is -0.140. The molecule has 4 nitrogen and oxygen atoms in total. The number of carbonyl (C=O) groups is 1. The van der Waals surface area contributed by atoms with Crippen LogP contribution in [0.1, 0.15) is 37.4 Å². The van der Waals surface area contributed by atoms with Crippen molar-refractivity contribution in [3.8, 4) is 0 Å². The molecule has 2 aliphatic rings. The minimum atomic E-state index is -0.196. The summed E-state index contributed by atoms with van der Waals surface area (Å²) in [4.78, 5) is 17.2. The standard InChI is InChI=1S/C19H22N2O2/c1-13(22)23-12-9-14-5-4-10-21-11-8-16-15-6-2-3-7-17(15)20-18(16)19(14)21/h2-3,6-7,20H,4-5,8-12H2,1H3. The fraction of sp³-hybridized carbons (Fsp3) is 0.421. The van der Waals surface area contributed by atoms with E-state index in [1.54, 1.807) is 0 Å². The molecule has 1 aromatic heterocycles. The zero-order valence-corrected chi connectivity index (χ0v) is 13.5. The fourth-order valence-corrected chi connectivity index (χ4v) is 3.97. The largest absolute Gasteiger partial charge is 0.466 e. The highest BCUT2D eigenvalue weighted by Crippen LogP contribution is 2.39. The van der Waals surface area contributed by atoms with Crippen LogP contribution >= 0.6 is 0 Å². The monoisotopic (exact) mass is 310 g/mol. The Balaban J connectivity index is 1.76. The molecule has 0 radical (unpaired) electrons. The van der Waals surface area contributed by atoms with Crippen molar-refractivity contribution in [1.82, 2.24) is 9.88 Å². The Morgan fingerprint density at radius 1 is 1.26 bits per heavy atom. The molecular formula is C19H22N2O2. The molecule has 0 saturated heterocycles. The first-order chi connectivity index (χ1) is 11.2. The van der Waals surface area contributed by atoms with Gasteiger partial charge in [0.2, 0.25) is 0 Å². The number of esters is 1. The summed E-state index contributed by atoms with van der Waals surface area (Å²) in [5.41, 5.74) is 6.73. The average Bonchev–Trinajstić information content (AvgIpc) is 2.93. The third-order valence-electron chi connectivity index (χ3n) is 4.95. The van der Waals surface area contributed by atoms with E-state index in [0.717, 1.165) is 32.4 Å². The zero-order valence-electron chi connectivity index (χ0n) is 13.5. The Hall–Kier alpha value is -2.23. The maximum absolute atomic E-state index is 11.0. The Morgan fingerprint density at radius 2 is 2.13 bits per heavy atom. The SMILES string of the molecule is CC(=O)OCCC1=C2c3[nH]c4ccccc4c3CCN2CCC1. The molecule has 1 aromatic carbocycles. The van der Waals surface area contributed by atoms with Crippen LogP contribution in [0.15, 0.2) is 29.8 Å². The Labute approximate surface area is 136 Å². The number of nitrogens with zero attached hydrogens (tertiary/aromatic N) is 1. The number of H-pyrrole nitrogens is 1. The van der Waals surface area contributed by atoms with E-state index in [-0.39, 0.29) is 5.97 Å². The van der Waals surface area contributed by atoms with E-state index >= 15 is 0 Å². The van der Waals surface area contributed by atoms with Gasteiger partial charge in [-0.2, -0.15) is 0 Å². The minimum Gasteiger partial charge on any atom is -0.466 e. The fourth-order valence-electron chi connectivity index (χ4n) is 3.97. The van der Waals surface area contributed by atoms with Crippen LogP contribution in [0.2, 0.25) is 0 Å². The number of hydrogen-bond donors (Lipinski definition) is 1. The van der Waals surface area contributed by atoms with Gasteiger partial charge in [-0.3, -0.25) is 4.79 Å². The molecule has 0 fully saturated rings. The number of hydrogen-bond acceptors (Lipinski definition) is 3. The van der Waals surface area contributed by atoms with Gasteiger partial charge in [-0.1, -0.05) is 18.2 Å². The summed E-state index contributed by atoms with van der Waals surface area (Å²) in [6, 6.07) is 8.56. The summed E-state index contributed by atoms with van der Waals surface area (Å²) < 4.78 is 5.17. The third kappa shape index (κ3) is 2.52. The molecule has 4 heteroatoms. The van der Waals surface area contributed by atoms with E-state index in [1.807, 2.05) is 0 Å². The molecule has 23 heavy (non-hydrogen) atoms. The van der Waals surface area contributed by atoms with Crippen molar-refractivity contribution in [3.05, 3.63) is 41.1 Å². The number of rotatable bonds is 3. The number of aromatic amines is 1. The highest BCUT2D eigenvalue weighted by atomic mass is 16.5. The van der Waals surface area contributed by atoms with Crippen LogP contribution in [-0.2, 0) is 16.0 Å². The van der Waals surface area contributed by atoms with E-state index < -0.39 is 0 Å². The van der Waals surface area contributed by atoms with E-state index in [2.05, 4.69) is 34.1 Å². The molecule has 2 aromatic rings. The van der Waals surface area contributed by atoms with Gasteiger partial charge in [0.25, 0.3) is 0 Å². The molecule has 0 saturated carbocycles. The van der Waals surface area contributed by atoms with E-state index in [0.29, 0.717) is 6.61 Å². The van der Waals surface area contributed by atoms with Crippen molar-refractivity contribution >= 4 is 22.6 Å². The molecule has 1 N–H and O–H groups in total. The molecule has 120 valence electrons. The van der Waals surface area contributed by atoms with Crippen LogP contribution in [0.3, 0.4) is 0 Å². The number of ether oxygens (including phenoxy) is 1. The molecule has 0 bridgehead atoms. The first-order valence-electron chi connectivity index (χ1n) is 8.44. The Kier molecular flexibility index (Phi) is 3.60. The van der Waals surface area contributed by atoms with Crippen molar-refractivity contribution < 1.29 is 9.53 Å². The van der Waals surface area contributed by atoms with Crippen LogP contribution in [0, 0.1) is 0 Å². The highest BCUT2D eigenvalue weighted by molar-refractivity contribution is 5.90. The Bertz CT molecular complexity index is 788. The van der Waals surface area contributed by atoms with Crippen molar-refractivity contribution in [3.63, 3.8) is 0 Å². The molecular weight excluding hydrogens is 288 g/mol. The normalized spacial score (nSPS) is 17.2. The van der Waals surface area contributed by atoms with E-state index in [4.69, 9.17) is 4.74 Å². The molecule has 0 aliphatic carbocycles. The van der Waals surface area contributed by atoms with Gasteiger partial charge in [-0.25, -0.2) is 0 Å². The smallest absolute Gasteiger partial charge is 0.302 e. The number of nitrogens with one attached hydrogen (secondary N) is 1. The van der Waals surface area contributed by atoms with Crippen LogP contribution in [0.25, 0.3) is 16.6 Å². The van der Waals surface area contributed by atoms with Crippen molar-refractivity contribution in [2.45, 2.75) is 32.6 Å². The first-order valence-corrected chi connectivity index (χ1v) is 8.44. The maximum atomic E-state index is 11.0. The minimum absolute atomic E-state index is 0.196. The number of para-hydroxylation sites is 1. The quantitative estimate of drug-likeness (QED) is 0.883. The van der Waals surface area contributed by atoms with Crippen LogP contribution in [-0.4, -0.2) is 35.5 Å². The lowest BCUT2D eigenvalue weighted by atomic mass is 9.91. The molecule has 3 heterocycles. The summed E-state index contributed by atoms with van der Waals surface area (Å²) in [6.45, 7) is 4.17. The molecule has 0 spiro atoms. The highest BCUT2D eigenvalue weighted by Gasteiger charge is 2.29. The lowest BCUT2D eigenvalue weighted by Gasteiger charge is -2.37. The molecule has 4 rings (SSSR count). The topological polar surface area (TPSA) is 45.3 Å². The van der Waals surface area contributed by atoms with Gasteiger partial charge in [-0.05, 0) is 36.5 Å². The van der Waals surface area contributed by atoms with Gasteiger partial charge < -0.3 is 14.6 Å². The predicted octanol–water partition coefficient (Wildman–Crippen LogP) is 3.48. The predicted molar refractivity (Wildman–Crippen MR) is 91.0 cm³/mol. The molecule has 2 aliphatic heterocycles. The number of carbonyl (C=O) groups excluding carboxylic acids is 1. The van der Waals surface area contributed by atoms with Crippen LogP contribution < -0.4 is 0 Å². The second-order valence-electron chi connectivity index (χ2n) is 6.41. The third-order valence-corrected chi connectivity index (χ3v) is 4.95. The van der Waals surface area contributed by atoms with Gasteiger partial charge >= 0.3 is 5.97 Å². The lowest BCUT2D eigenvalue weighted by Crippen LogP contribution is -2.34. The van der Waals surface area contributed by atoms with Crippen molar-refractivity contribution in [2.75, 3.05) is 19.7 Å². The van der Waals surface area contributed by atoms with Gasteiger partial charge in [0.05, 0.1) is 18.0 Å². The number of benzene rings is 1. The van der Waals surface area contributed by atoms with E-state index in [9.17, 15) is 4.79 Å². The molecule has 0 amide bonds. The van der Waals surface area contributed by atoms with Crippen molar-refractivity contribution in [1.29, 1.82) is 0 Å². The zero-order chi connectivity index (χ0) is 15.8. The molecule has 0 atom stereocenters. The van der Waals surface area contributed by atoms with Gasteiger partial charge in [0.1, 0.15) is 0 Å². The summed E-state index contributed by atoms with van der Waals surface area (Å²) in [6.07, 6.45) is 4.22. The van der Waals surface area contributed by atoms with Crippen molar-refractivity contribution in [2.24, 2.45) is 0 Å². The van der Waals surface area contributed by atoms with Crippen LogP contribution in [0.5, 0.6) is 0 Å². The second kappa shape index (κ2) is 5.76. The van der Waals surface area contributed by atoms with E-state index in [1.165, 1.54) is 46.8 Å². The summed E-state index contributed by atoms with van der Waals surface area (Å²) >= 11 is 0. The summed E-state index contributed by atoms with van der Waals surface area (Å²) in [5.74, 6) is -0.196. The average molecular weight is 310 g/mol. The van der Waals surface area contributed by atoms with Gasteiger partial charge in [0.15, 0.2) is 0 Å². The second-order valence-corrected chi connectivity index (χ2v) is 6.41. The number of aromatic nitrogens is 1. The summed E-state index contributed by atoms with van der Waals surface area (Å²) in [7, 11) is 0. The van der Waals surface area contributed by atoms with Crippen LogP contribution in [0.4, 0.5) is 0 Å². The number of fused-ring (bicyclic) bond motifs is 5.